The summed E-state index contributed by atoms with van der Waals surface area (Å²) in [6.45, 7) is 2.46. The van der Waals surface area contributed by atoms with Gasteiger partial charge in [0.05, 0.1) is 17.7 Å². The quantitative estimate of drug-likeness (QED) is 0.413. The predicted molar refractivity (Wildman–Crippen MR) is 131 cm³/mol. The minimum atomic E-state index is -1.45. The molecule has 170 valence electrons. The van der Waals surface area contributed by atoms with Crippen molar-refractivity contribution in [3.05, 3.63) is 50.1 Å². The van der Waals surface area contributed by atoms with Gasteiger partial charge in [-0.1, -0.05) is 29.3 Å². The fourth-order valence-corrected chi connectivity index (χ4v) is 6.39. The number of nitrogens with zero attached hydrogens (tertiary/aromatic N) is 2. The van der Waals surface area contributed by atoms with Crippen LogP contribution in [0.3, 0.4) is 0 Å². The number of nitrogens with one attached hydrogen (secondary N) is 1. The molecule has 4 rings (SSSR count). The molecule has 10 heteroatoms. The van der Waals surface area contributed by atoms with E-state index in [4.69, 9.17) is 37.9 Å². The predicted octanol–water partition coefficient (Wildman–Crippen LogP) is 5.30. The molecule has 3 aromatic rings. The number of fused-ring (bicyclic) bond motifs is 3. The lowest BCUT2D eigenvalue weighted by molar-refractivity contribution is -0.139. The molecule has 0 spiro atoms. The molecular formula is C22H23Cl2N3O3S2. The van der Waals surface area contributed by atoms with Crippen LogP contribution in [0.25, 0.3) is 10.2 Å². The van der Waals surface area contributed by atoms with E-state index in [2.05, 4.69) is 5.32 Å². The monoisotopic (exact) mass is 511 g/mol. The van der Waals surface area contributed by atoms with E-state index in [9.17, 15) is 9.00 Å². The summed E-state index contributed by atoms with van der Waals surface area (Å²) < 4.78 is 17.4. The molecule has 1 aliphatic carbocycles. The highest BCUT2D eigenvalue weighted by Gasteiger charge is 2.22. The number of hydrogen-bond acceptors (Lipinski definition) is 7. The lowest BCUT2D eigenvalue weighted by atomic mass is 9.97. The van der Waals surface area contributed by atoms with Gasteiger partial charge in [-0.2, -0.15) is 0 Å². The smallest absolute Gasteiger partial charge is 0.318 e. The second-order valence-corrected chi connectivity index (χ2v) is 10.9. The van der Waals surface area contributed by atoms with Crippen molar-refractivity contribution < 1.29 is 13.7 Å². The third-order valence-electron chi connectivity index (χ3n) is 5.20. The van der Waals surface area contributed by atoms with E-state index in [1.165, 1.54) is 16.9 Å². The van der Waals surface area contributed by atoms with E-state index in [0.29, 0.717) is 28.2 Å². The van der Waals surface area contributed by atoms with Crippen molar-refractivity contribution in [1.29, 1.82) is 0 Å². The van der Waals surface area contributed by atoms with Crippen LogP contribution >= 0.6 is 34.5 Å². The van der Waals surface area contributed by atoms with Crippen molar-refractivity contribution in [2.24, 2.45) is 0 Å². The molecule has 32 heavy (non-hydrogen) atoms. The maximum atomic E-state index is 12.5. The summed E-state index contributed by atoms with van der Waals surface area (Å²) in [5.41, 5.74) is 2.21. The van der Waals surface area contributed by atoms with Gasteiger partial charge in [-0.05, 0) is 55.9 Å². The standard InChI is InChI=1S/C22H23Cl2N3O3S2/c1-2-30-19(28)12-32(29)11-18-26-21(25-10-13-7-8-14(23)9-16(13)24)20-15-5-3-4-6-17(15)31-22(20)27-18/h7-9H,2-6,10-12H2,1H3,(H,25,26,27). The number of esters is 1. The van der Waals surface area contributed by atoms with E-state index in [-0.39, 0.29) is 18.1 Å². The maximum Gasteiger partial charge on any atom is 0.318 e. The summed E-state index contributed by atoms with van der Waals surface area (Å²) in [5, 5.41) is 5.62. The Morgan fingerprint density at radius 2 is 2.06 bits per heavy atom. The van der Waals surface area contributed by atoms with Crippen molar-refractivity contribution in [1.82, 2.24) is 9.97 Å². The third kappa shape index (κ3) is 5.42. The number of rotatable bonds is 8. The van der Waals surface area contributed by atoms with Crippen molar-refractivity contribution in [3.8, 4) is 0 Å². The number of carbonyl (C=O) groups is 1. The van der Waals surface area contributed by atoms with Crippen LogP contribution in [0.15, 0.2) is 18.2 Å². The number of aromatic nitrogens is 2. The molecule has 0 saturated carbocycles. The van der Waals surface area contributed by atoms with Gasteiger partial charge in [-0.25, -0.2) is 9.97 Å². The van der Waals surface area contributed by atoms with E-state index < -0.39 is 16.8 Å². The van der Waals surface area contributed by atoms with Gasteiger partial charge in [0, 0.05) is 32.3 Å². The van der Waals surface area contributed by atoms with Crippen molar-refractivity contribution in [2.75, 3.05) is 17.7 Å². The Morgan fingerprint density at radius 3 is 2.84 bits per heavy atom. The zero-order valence-electron chi connectivity index (χ0n) is 17.6. The molecule has 2 heterocycles. The van der Waals surface area contributed by atoms with Crippen LogP contribution in [-0.2, 0) is 45.5 Å². The minimum absolute atomic E-state index is 0.0910. The van der Waals surface area contributed by atoms with Gasteiger partial charge in [-0.15, -0.1) is 11.3 Å². The van der Waals surface area contributed by atoms with Crippen LogP contribution < -0.4 is 5.32 Å². The molecule has 0 amide bonds. The highest BCUT2D eigenvalue weighted by molar-refractivity contribution is 7.84. The van der Waals surface area contributed by atoms with Crippen LogP contribution in [0.2, 0.25) is 10.0 Å². The van der Waals surface area contributed by atoms with Gasteiger partial charge in [0.25, 0.3) is 0 Å². The summed E-state index contributed by atoms with van der Waals surface area (Å²) in [5.74, 6) is 0.605. The average Bonchev–Trinajstić information content (AvgIpc) is 3.11. The van der Waals surface area contributed by atoms with Gasteiger partial charge in [0.2, 0.25) is 0 Å². The van der Waals surface area contributed by atoms with Crippen LogP contribution in [0.4, 0.5) is 5.82 Å². The number of benzene rings is 1. The summed E-state index contributed by atoms with van der Waals surface area (Å²) in [7, 11) is -1.45. The Bertz CT molecular complexity index is 1180. The summed E-state index contributed by atoms with van der Waals surface area (Å²) in [6, 6.07) is 5.40. The zero-order valence-corrected chi connectivity index (χ0v) is 20.7. The number of ether oxygens (including phenoxy) is 1. The SMILES string of the molecule is CCOC(=O)CS(=O)Cc1nc(NCc2ccc(Cl)cc2Cl)c2c3c(sc2n1)CCCC3. The molecule has 0 aliphatic heterocycles. The van der Waals surface area contributed by atoms with E-state index in [1.54, 1.807) is 30.4 Å². The molecule has 0 saturated heterocycles. The van der Waals surface area contributed by atoms with Gasteiger partial charge >= 0.3 is 5.97 Å². The number of aryl methyl sites for hydroxylation is 2. The topological polar surface area (TPSA) is 81.2 Å². The van der Waals surface area contributed by atoms with Crippen LogP contribution in [0, 0.1) is 0 Å². The first-order valence-corrected chi connectivity index (χ1v) is 13.5. The normalized spacial score (nSPS) is 14.2. The molecule has 1 N–H and O–H groups in total. The van der Waals surface area contributed by atoms with Crippen LogP contribution in [-0.4, -0.2) is 32.5 Å². The highest BCUT2D eigenvalue weighted by Crippen LogP contribution is 2.39. The van der Waals surface area contributed by atoms with Gasteiger partial charge in [-0.3, -0.25) is 9.00 Å². The van der Waals surface area contributed by atoms with Crippen molar-refractivity contribution in [3.63, 3.8) is 0 Å². The first-order chi connectivity index (χ1) is 15.4. The third-order valence-corrected chi connectivity index (χ3v) is 8.11. The summed E-state index contributed by atoms with van der Waals surface area (Å²) in [6.07, 6.45) is 4.37. The fourth-order valence-electron chi connectivity index (χ4n) is 3.77. The van der Waals surface area contributed by atoms with Crippen LogP contribution in [0.5, 0.6) is 0 Å². The summed E-state index contributed by atoms with van der Waals surface area (Å²) >= 11 is 14.0. The number of hydrogen-bond donors (Lipinski definition) is 1. The Labute approximate surface area is 203 Å². The second kappa shape index (κ2) is 10.5. The molecule has 0 bridgehead atoms. The molecule has 1 unspecified atom stereocenters. The van der Waals surface area contributed by atoms with Gasteiger partial charge in [0.15, 0.2) is 0 Å². The molecular weight excluding hydrogens is 489 g/mol. The Kier molecular flexibility index (Phi) is 7.66. The number of anilines is 1. The van der Waals surface area contributed by atoms with E-state index in [0.717, 1.165) is 35.0 Å². The van der Waals surface area contributed by atoms with E-state index in [1.807, 2.05) is 6.07 Å². The number of carbonyl (C=O) groups excluding carboxylic acids is 1. The average molecular weight is 512 g/mol. The van der Waals surface area contributed by atoms with Gasteiger partial charge in [0.1, 0.15) is 22.2 Å². The van der Waals surface area contributed by atoms with Crippen molar-refractivity contribution >= 4 is 67.3 Å². The largest absolute Gasteiger partial charge is 0.465 e. The van der Waals surface area contributed by atoms with E-state index >= 15 is 0 Å². The second-order valence-electron chi connectivity index (χ2n) is 7.50. The molecule has 6 nitrogen and oxygen atoms in total. The first-order valence-electron chi connectivity index (χ1n) is 10.4. The molecule has 1 aliphatic rings. The Morgan fingerprint density at radius 1 is 1.25 bits per heavy atom. The Hall–Kier alpha value is -1.74. The lowest BCUT2D eigenvalue weighted by Crippen LogP contribution is -2.16. The molecule has 0 radical (unpaired) electrons. The number of halogens is 2. The minimum Gasteiger partial charge on any atom is -0.465 e. The lowest BCUT2D eigenvalue weighted by Gasteiger charge is -2.14. The fraction of sp³-hybridized carbons (Fsp3) is 0.409. The molecule has 1 atom stereocenters. The summed E-state index contributed by atoms with van der Waals surface area (Å²) in [4.78, 5) is 23.3. The first kappa shape index (κ1) is 23.4. The Balaban J connectivity index is 1.64. The van der Waals surface area contributed by atoms with Gasteiger partial charge < -0.3 is 10.1 Å². The van der Waals surface area contributed by atoms with Crippen molar-refractivity contribution in [2.45, 2.75) is 44.9 Å². The molecule has 1 aromatic carbocycles. The zero-order chi connectivity index (χ0) is 22.7. The molecule has 0 fully saturated rings. The maximum absolute atomic E-state index is 12.5. The number of thiophene rings is 1. The van der Waals surface area contributed by atoms with Crippen LogP contribution in [0.1, 0.15) is 41.6 Å². The molecule has 2 aromatic heterocycles. The highest BCUT2D eigenvalue weighted by atomic mass is 35.5.